The Hall–Kier alpha value is -3.26. The number of allylic oxidation sites excluding steroid dienone is 1. The van der Waals surface area contributed by atoms with Crippen molar-refractivity contribution in [3.8, 4) is 0 Å². The van der Waals surface area contributed by atoms with Crippen LogP contribution in [0.3, 0.4) is 0 Å². The van der Waals surface area contributed by atoms with Gasteiger partial charge in [-0.05, 0) is 36.8 Å². The fourth-order valence-electron chi connectivity index (χ4n) is 1.80. The lowest BCUT2D eigenvalue weighted by molar-refractivity contribution is -0.138. The zero-order valence-electron chi connectivity index (χ0n) is 14.4. The van der Waals surface area contributed by atoms with E-state index in [0.717, 1.165) is 11.6 Å². The molecule has 2 amide bonds. The van der Waals surface area contributed by atoms with Crippen LogP contribution in [0, 0.1) is 0 Å². The van der Waals surface area contributed by atoms with Gasteiger partial charge < -0.3 is 21.1 Å². The van der Waals surface area contributed by atoms with E-state index in [1.165, 1.54) is 6.08 Å². The molecular weight excluding hydrogens is 338 g/mol. The number of hydrogen-bond acceptors (Lipinski definition) is 6. The zero-order valence-corrected chi connectivity index (χ0v) is 14.4. The summed E-state index contributed by atoms with van der Waals surface area (Å²) in [5.74, 6) is -1.38. The van der Waals surface area contributed by atoms with E-state index >= 15 is 0 Å². The summed E-state index contributed by atoms with van der Waals surface area (Å²) in [6.45, 7) is 1.54. The first kappa shape index (κ1) is 20.8. The fraction of sp³-hybridized carbons (Fsp3) is 0.222. The van der Waals surface area contributed by atoms with Crippen LogP contribution in [0.1, 0.15) is 12.5 Å². The van der Waals surface area contributed by atoms with Crippen LogP contribution < -0.4 is 16.4 Å². The third-order valence-electron chi connectivity index (χ3n) is 3.04. The highest BCUT2D eigenvalue weighted by Gasteiger charge is 2.07. The predicted octanol–water partition coefficient (Wildman–Crippen LogP) is 0.402. The molecule has 138 valence electrons. The molecule has 0 aliphatic rings. The minimum atomic E-state index is -0.584. The quantitative estimate of drug-likeness (QED) is 0.253. The van der Waals surface area contributed by atoms with Crippen LogP contribution in [0.15, 0.2) is 42.0 Å². The van der Waals surface area contributed by atoms with Crippen molar-refractivity contribution in [2.24, 2.45) is 5.73 Å². The summed E-state index contributed by atoms with van der Waals surface area (Å²) < 4.78 is 4.85. The van der Waals surface area contributed by atoms with Gasteiger partial charge in [0.25, 0.3) is 0 Å². The number of carbonyl (C=O) groups excluding carboxylic acids is 4. The molecule has 0 saturated heterocycles. The third-order valence-corrected chi connectivity index (χ3v) is 3.04. The number of rotatable bonds is 9. The highest BCUT2D eigenvalue weighted by Crippen LogP contribution is 2.12. The Balaban J connectivity index is 2.67. The van der Waals surface area contributed by atoms with Gasteiger partial charge in [-0.1, -0.05) is 18.2 Å². The zero-order chi connectivity index (χ0) is 19.4. The van der Waals surface area contributed by atoms with Gasteiger partial charge >= 0.3 is 5.97 Å². The summed E-state index contributed by atoms with van der Waals surface area (Å²) in [5, 5.41) is 4.98. The van der Waals surface area contributed by atoms with Crippen LogP contribution in [-0.4, -0.2) is 43.8 Å². The van der Waals surface area contributed by atoms with E-state index in [1.54, 1.807) is 37.3 Å². The van der Waals surface area contributed by atoms with Crippen LogP contribution in [0.5, 0.6) is 0 Å². The molecule has 1 aromatic rings. The number of nitrogens with two attached hydrogens (primary N) is 1. The minimum absolute atomic E-state index is 0.134. The van der Waals surface area contributed by atoms with E-state index in [0.29, 0.717) is 12.0 Å². The molecular formula is C18H21N3O5. The second-order valence-electron chi connectivity index (χ2n) is 4.96. The van der Waals surface area contributed by atoms with Gasteiger partial charge in [-0.2, -0.15) is 0 Å². The molecule has 0 bridgehead atoms. The van der Waals surface area contributed by atoms with Crippen LogP contribution in [0.2, 0.25) is 0 Å². The summed E-state index contributed by atoms with van der Waals surface area (Å²) in [5.41, 5.74) is 6.56. The number of ether oxygens (including phenoxy) is 1. The van der Waals surface area contributed by atoms with Gasteiger partial charge in [0.1, 0.15) is 6.29 Å². The number of esters is 1. The topological polar surface area (TPSA) is 128 Å². The molecule has 1 rings (SSSR count). The molecule has 0 atom stereocenters. The normalized spacial score (nSPS) is 11.1. The molecule has 0 aliphatic carbocycles. The molecule has 0 heterocycles. The van der Waals surface area contributed by atoms with Crippen LogP contribution in [0.25, 0.3) is 6.08 Å². The maximum atomic E-state index is 11.7. The molecule has 0 radical (unpaired) electrons. The smallest absolute Gasteiger partial charge is 0.338 e. The highest BCUT2D eigenvalue weighted by molar-refractivity contribution is 5.97. The van der Waals surface area contributed by atoms with Crippen molar-refractivity contribution >= 4 is 35.8 Å². The molecule has 1 aromatic carbocycles. The molecule has 0 unspecified atom stereocenters. The number of hydrogen-bond donors (Lipinski definition) is 3. The first-order chi connectivity index (χ1) is 12.5. The van der Waals surface area contributed by atoms with Gasteiger partial charge in [-0.3, -0.25) is 14.4 Å². The van der Waals surface area contributed by atoms with Crippen molar-refractivity contribution in [2.75, 3.05) is 25.0 Å². The van der Waals surface area contributed by atoms with Crippen molar-refractivity contribution in [3.05, 3.63) is 47.6 Å². The maximum absolute atomic E-state index is 11.7. The lowest BCUT2D eigenvalue weighted by Gasteiger charge is -2.06. The van der Waals surface area contributed by atoms with E-state index in [9.17, 15) is 19.2 Å². The van der Waals surface area contributed by atoms with E-state index in [-0.39, 0.29) is 31.2 Å². The lowest BCUT2D eigenvalue weighted by atomic mass is 10.1. The summed E-state index contributed by atoms with van der Waals surface area (Å²) in [7, 11) is 0. The standard InChI is InChI=1S/C18H21N3O5/c1-2-26-18(25)14(9-10-22)6-3-13-4-7-15(8-5-13)21-17(24)12-20-16(23)11-19/h3-10H,2,11-12,19H2,1H3,(H,20,23)(H,21,24)/b6-3+,14-9+. The van der Waals surface area contributed by atoms with Gasteiger partial charge in [0.15, 0.2) is 0 Å². The highest BCUT2D eigenvalue weighted by atomic mass is 16.5. The van der Waals surface area contributed by atoms with Crippen molar-refractivity contribution in [3.63, 3.8) is 0 Å². The first-order valence-corrected chi connectivity index (χ1v) is 7.87. The molecule has 0 spiro atoms. The van der Waals surface area contributed by atoms with Crippen LogP contribution >= 0.6 is 0 Å². The summed E-state index contributed by atoms with van der Waals surface area (Å²) in [6.07, 6.45) is 4.75. The Bertz CT molecular complexity index is 708. The molecule has 8 heteroatoms. The second kappa shape index (κ2) is 11.3. The Kier molecular flexibility index (Phi) is 9.05. The molecule has 26 heavy (non-hydrogen) atoms. The molecule has 0 fully saturated rings. The summed E-state index contributed by atoms with van der Waals surface area (Å²) in [4.78, 5) is 44.9. The molecule has 0 aromatic heterocycles. The Labute approximate surface area is 151 Å². The molecule has 8 nitrogen and oxygen atoms in total. The van der Waals surface area contributed by atoms with Gasteiger partial charge in [0.05, 0.1) is 25.3 Å². The van der Waals surface area contributed by atoms with E-state index in [1.807, 2.05) is 0 Å². The van der Waals surface area contributed by atoms with E-state index in [4.69, 9.17) is 10.5 Å². The Morgan fingerprint density at radius 1 is 1.15 bits per heavy atom. The van der Waals surface area contributed by atoms with E-state index in [2.05, 4.69) is 10.6 Å². The van der Waals surface area contributed by atoms with Crippen LogP contribution in [0.4, 0.5) is 5.69 Å². The summed E-state index contributed by atoms with van der Waals surface area (Å²) >= 11 is 0. The van der Waals surface area contributed by atoms with Crippen molar-refractivity contribution in [1.29, 1.82) is 0 Å². The van der Waals surface area contributed by atoms with Crippen molar-refractivity contribution in [2.45, 2.75) is 6.92 Å². The SMILES string of the molecule is CCOC(=O)C(/C=C/c1ccc(NC(=O)CNC(=O)CN)cc1)=C/C=O. The number of benzene rings is 1. The van der Waals surface area contributed by atoms with E-state index < -0.39 is 11.9 Å². The minimum Gasteiger partial charge on any atom is -0.462 e. The monoisotopic (exact) mass is 359 g/mol. The lowest BCUT2D eigenvalue weighted by Crippen LogP contribution is -2.36. The predicted molar refractivity (Wildman–Crippen MR) is 96.9 cm³/mol. The van der Waals surface area contributed by atoms with Crippen molar-refractivity contribution < 1.29 is 23.9 Å². The van der Waals surface area contributed by atoms with Crippen molar-refractivity contribution in [1.82, 2.24) is 5.32 Å². The van der Waals surface area contributed by atoms with Gasteiger partial charge in [0.2, 0.25) is 11.8 Å². The largest absolute Gasteiger partial charge is 0.462 e. The number of anilines is 1. The first-order valence-electron chi connectivity index (χ1n) is 7.87. The van der Waals surface area contributed by atoms with Gasteiger partial charge in [-0.15, -0.1) is 0 Å². The number of amides is 2. The Morgan fingerprint density at radius 3 is 2.42 bits per heavy atom. The number of aldehydes is 1. The average Bonchev–Trinajstić information content (AvgIpc) is 2.64. The Morgan fingerprint density at radius 2 is 1.85 bits per heavy atom. The fourth-order valence-corrected chi connectivity index (χ4v) is 1.80. The van der Waals surface area contributed by atoms with Crippen LogP contribution in [-0.2, 0) is 23.9 Å². The average molecular weight is 359 g/mol. The van der Waals surface area contributed by atoms with Gasteiger partial charge in [0, 0.05) is 5.69 Å². The van der Waals surface area contributed by atoms with Gasteiger partial charge in [-0.25, -0.2) is 4.79 Å². The third kappa shape index (κ3) is 7.54. The number of nitrogens with one attached hydrogen (secondary N) is 2. The summed E-state index contributed by atoms with van der Waals surface area (Å²) in [6, 6.07) is 6.76. The maximum Gasteiger partial charge on any atom is 0.338 e. The molecule has 0 saturated carbocycles. The molecule has 4 N–H and O–H groups in total. The molecule has 0 aliphatic heterocycles. The number of carbonyl (C=O) groups is 4. The second-order valence-corrected chi connectivity index (χ2v) is 4.96.